The molecule has 1 heterocycles. The Hall–Kier alpha value is -3.55. The number of carbonyl (C=O) groups excluding carboxylic acids is 2. The monoisotopic (exact) mass is 379 g/mol. The number of nitrogens with zero attached hydrogens (tertiary/aromatic N) is 2. The Morgan fingerprint density at radius 3 is 2.61 bits per heavy atom. The molecule has 8 heteroatoms. The number of hydrogen-bond acceptors (Lipinski definition) is 6. The van der Waals surface area contributed by atoms with Gasteiger partial charge in [-0.15, -0.1) is 0 Å². The minimum Gasteiger partial charge on any atom is -0.459 e. The van der Waals surface area contributed by atoms with Gasteiger partial charge in [0.15, 0.2) is 5.92 Å². The molecule has 2 fully saturated rings. The molecular weight excluding hydrogens is 362 g/mol. The van der Waals surface area contributed by atoms with Gasteiger partial charge in [-0.05, 0) is 24.5 Å². The molecule has 28 heavy (non-hydrogen) atoms. The zero-order valence-corrected chi connectivity index (χ0v) is 14.8. The highest BCUT2D eigenvalue weighted by Gasteiger charge is 2.49. The zero-order chi connectivity index (χ0) is 19.7. The fraction of sp³-hybridized carbons (Fsp3) is 0.250. The highest BCUT2D eigenvalue weighted by molar-refractivity contribution is 6.22. The summed E-state index contributed by atoms with van der Waals surface area (Å²) in [6, 6.07) is 15.3. The summed E-state index contributed by atoms with van der Waals surface area (Å²) in [4.78, 5) is 39.7. The van der Waals surface area contributed by atoms with Crippen LogP contribution in [0.15, 0.2) is 59.6 Å². The van der Waals surface area contributed by atoms with Crippen LogP contribution in [0, 0.1) is 16.0 Å². The van der Waals surface area contributed by atoms with Crippen LogP contribution in [0.25, 0.3) is 0 Å². The SMILES string of the molecule is O=C(NC1(c2ccccc2)CC1)C1C(=O)OCC1=Nc1cccc([N+](=O)[O-])c1. The molecule has 2 aromatic rings. The van der Waals surface area contributed by atoms with E-state index < -0.39 is 28.3 Å². The van der Waals surface area contributed by atoms with Crippen molar-refractivity contribution in [3.63, 3.8) is 0 Å². The zero-order valence-electron chi connectivity index (χ0n) is 14.8. The van der Waals surface area contributed by atoms with Crippen molar-refractivity contribution in [3.05, 3.63) is 70.3 Å². The quantitative estimate of drug-likeness (QED) is 0.372. The highest BCUT2D eigenvalue weighted by atomic mass is 16.6. The van der Waals surface area contributed by atoms with Crippen LogP contribution < -0.4 is 5.32 Å². The molecule has 0 spiro atoms. The molecule has 8 nitrogen and oxygen atoms in total. The second-order valence-electron chi connectivity index (χ2n) is 6.86. The van der Waals surface area contributed by atoms with E-state index >= 15 is 0 Å². The third-order valence-electron chi connectivity index (χ3n) is 4.95. The summed E-state index contributed by atoms with van der Waals surface area (Å²) < 4.78 is 5.03. The summed E-state index contributed by atoms with van der Waals surface area (Å²) >= 11 is 0. The summed E-state index contributed by atoms with van der Waals surface area (Å²) in [6.45, 7) is -0.113. The van der Waals surface area contributed by atoms with E-state index in [0.29, 0.717) is 5.69 Å². The number of cyclic esters (lactones) is 1. The van der Waals surface area contributed by atoms with Crippen molar-refractivity contribution in [2.75, 3.05) is 6.61 Å². The molecule has 1 aliphatic heterocycles. The average molecular weight is 379 g/mol. The van der Waals surface area contributed by atoms with Crippen molar-refractivity contribution < 1.29 is 19.2 Å². The minimum atomic E-state index is -1.15. The number of esters is 1. The number of amides is 1. The standard InChI is InChI=1S/C20H17N3O5/c24-18(22-20(9-10-20)13-5-2-1-3-6-13)17-16(12-28-19(17)25)21-14-7-4-8-15(11-14)23(26)27/h1-8,11,17H,9-10,12H2,(H,22,24). The van der Waals surface area contributed by atoms with E-state index in [1.54, 1.807) is 6.07 Å². The van der Waals surface area contributed by atoms with Crippen LogP contribution in [0.1, 0.15) is 18.4 Å². The lowest BCUT2D eigenvalue weighted by Crippen LogP contribution is -2.42. The van der Waals surface area contributed by atoms with Crippen LogP contribution in [0.3, 0.4) is 0 Å². The molecule has 1 unspecified atom stereocenters. The summed E-state index contributed by atoms with van der Waals surface area (Å²) in [6.07, 6.45) is 1.59. The van der Waals surface area contributed by atoms with Crippen molar-refractivity contribution in [1.82, 2.24) is 5.32 Å². The van der Waals surface area contributed by atoms with Gasteiger partial charge in [0, 0.05) is 12.1 Å². The number of hydrogen-bond donors (Lipinski definition) is 1. The minimum absolute atomic E-state index is 0.113. The Balaban J connectivity index is 1.57. The predicted octanol–water partition coefficient (Wildman–Crippen LogP) is 2.65. The molecule has 0 radical (unpaired) electrons. The van der Waals surface area contributed by atoms with Gasteiger partial charge in [-0.25, -0.2) is 0 Å². The first kappa shape index (κ1) is 17.8. The summed E-state index contributed by atoms with van der Waals surface area (Å²) in [5.41, 5.74) is 0.954. The number of carbonyl (C=O) groups is 2. The molecule has 0 bridgehead atoms. The number of nitrogens with one attached hydrogen (secondary N) is 1. The molecular formula is C20H17N3O5. The molecule has 1 saturated heterocycles. The summed E-state index contributed by atoms with van der Waals surface area (Å²) in [5, 5.41) is 13.9. The van der Waals surface area contributed by atoms with Crippen molar-refractivity contribution in [1.29, 1.82) is 0 Å². The van der Waals surface area contributed by atoms with E-state index in [4.69, 9.17) is 4.74 Å². The Kier molecular flexibility index (Phi) is 4.38. The molecule has 142 valence electrons. The van der Waals surface area contributed by atoms with Gasteiger partial charge in [0.25, 0.3) is 5.69 Å². The first-order valence-electron chi connectivity index (χ1n) is 8.85. The van der Waals surface area contributed by atoms with Gasteiger partial charge in [-0.1, -0.05) is 36.4 Å². The summed E-state index contributed by atoms with van der Waals surface area (Å²) in [7, 11) is 0. The maximum atomic E-state index is 12.9. The Morgan fingerprint density at radius 1 is 1.18 bits per heavy atom. The first-order chi connectivity index (χ1) is 13.5. The number of nitro benzene ring substituents is 1. The van der Waals surface area contributed by atoms with Crippen molar-refractivity contribution in [2.24, 2.45) is 10.9 Å². The van der Waals surface area contributed by atoms with Crippen LogP contribution >= 0.6 is 0 Å². The number of benzene rings is 2. The number of non-ortho nitro benzene ring substituents is 1. The Bertz CT molecular complexity index is 982. The van der Waals surface area contributed by atoms with Crippen LogP contribution in [-0.4, -0.2) is 29.1 Å². The van der Waals surface area contributed by atoms with Gasteiger partial charge >= 0.3 is 5.97 Å². The topological polar surface area (TPSA) is 111 Å². The van der Waals surface area contributed by atoms with Gasteiger partial charge in [0.1, 0.15) is 6.61 Å². The Morgan fingerprint density at radius 2 is 1.93 bits per heavy atom. The van der Waals surface area contributed by atoms with E-state index in [-0.39, 0.29) is 18.0 Å². The molecule has 1 saturated carbocycles. The lowest BCUT2D eigenvalue weighted by molar-refractivity contribution is -0.384. The number of rotatable bonds is 5. The second kappa shape index (κ2) is 6.88. The smallest absolute Gasteiger partial charge is 0.324 e. The molecule has 4 rings (SSSR count). The average Bonchev–Trinajstić information content (AvgIpc) is 3.38. The molecule has 1 N–H and O–H groups in total. The lowest BCUT2D eigenvalue weighted by atomic mass is 10.0. The molecule has 1 atom stereocenters. The normalized spacial score (nSPS) is 21.2. The maximum Gasteiger partial charge on any atom is 0.324 e. The number of ether oxygens (including phenoxy) is 1. The summed E-state index contributed by atoms with van der Waals surface area (Å²) in [5.74, 6) is -2.28. The van der Waals surface area contributed by atoms with Crippen molar-refractivity contribution in [3.8, 4) is 0 Å². The van der Waals surface area contributed by atoms with Crippen molar-refractivity contribution >= 4 is 29.0 Å². The lowest BCUT2D eigenvalue weighted by Gasteiger charge is -2.19. The van der Waals surface area contributed by atoms with Crippen LogP contribution in [0.4, 0.5) is 11.4 Å². The van der Waals surface area contributed by atoms with E-state index in [1.165, 1.54) is 18.2 Å². The van der Waals surface area contributed by atoms with E-state index in [9.17, 15) is 19.7 Å². The first-order valence-corrected chi connectivity index (χ1v) is 8.85. The van der Waals surface area contributed by atoms with Crippen LogP contribution in [0.5, 0.6) is 0 Å². The molecule has 1 amide bonds. The molecule has 1 aliphatic carbocycles. The van der Waals surface area contributed by atoms with Gasteiger partial charge in [0.2, 0.25) is 5.91 Å². The predicted molar refractivity (Wildman–Crippen MR) is 100 cm³/mol. The van der Waals surface area contributed by atoms with Crippen LogP contribution in [-0.2, 0) is 19.9 Å². The molecule has 0 aromatic heterocycles. The van der Waals surface area contributed by atoms with Crippen LogP contribution in [0.2, 0.25) is 0 Å². The third-order valence-corrected chi connectivity index (χ3v) is 4.95. The second-order valence-corrected chi connectivity index (χ2v) is 6.86. The van der Waals surface area contributed by atoms with Crippen molar-refractivity contribution in [2.45, 2.75) is 18.4 Å². The molecule has 2 aliphatic rings. The number of aliphatic imine (C=N–C) groups is 1. The maximum absolute atomic E-state index is 12.9. The third kappa shape index (κ3) is 3.36. The van der Waals surface area contributed by atoms with E-state index in [2.05, 4.69) is 10.3 Å². The van der Waals surface area contributed by atoms with Gasteiger partial charge in [-0.2, -0.15) is 0 Å². The van der Waals surface area contributed by atoms with Gasteiger partial charge in [-0.3, -0.25) is 24.7 Å². The van der Waals surface area contributed by atoms with E-state index in [0.717, 1.165) is 18.4 Å². The fourth-order valence-electron chi connectivity index (χ4n) is 3.32. The van der Waals surface area contributed by atoms with Gasteiger partial charge in [0.05, 0.1) is 21.9 Å². The van der Waals surface area contributed by atoms with E-state index in [1.807, 2.05) is 30.3 Å². The van der Waals surface area contributed by atoms with Gasteiger partial charge < -0.3 is 10.1 Å². The number of nitro groups is 1. The highest BCUT2D eigenvalue weighted by Crippen LogP contribution is 2.45. The molecule has 2 aromatic carbocycles. The Labute approximate surface area is 160 Å². The largest absolute Gasteiger partial charge is 0.459 e. The fourth-order valence-corrected chi connectivity index (χ4v) is 3.32.